The minimum Gasteiger partial charge on any atom is -0.497 e. The molecule has 1 N–H and O–H groups in total. The third kappa shape index (κ3) is 3.92. The summed E-state index contributed by atoms with van der Waals surface area (Å²) in [4.78, 5) is 4.21. The maximum Gasteiger partial charge on any atom is 0.261 e. The van der Waals surface area contributed by atoms with Crippen molar-refractivity contribution in [2.75, 3.05) is 11.8 Å². The number of sulfonamides is 1. The summed E-state index contributed by atoms with van der Waals surface area (Å²) in [5, 5.41) is 0.781. The van der Waals surface area contributed by atoms with Gasteiger partial charge >= 0.3 is 0 Å². The van der Waals surface area contributed by atoms with Gasteiger partial charge in [-0.05, 0) is 60.7 Å². The van der Waals surface area contributed by atoms with E-state index in [1.54, 1.807) is 31.4 Å². The van der Waals surface area contributed by atoms with Gasteiger partial charge in [0.25, 0.3) is 10.0 Å². The molecular formula is C20H14F2N2O3S2. The van der Waals surface area contributed by atoms with Crippen molar-refractivity contribution in [3.63, 3.8) is 0 Å². The van der Waals surface area contributed by atoms with Crippen molar-refractivity contribution in [1.29, 1.82) is 0 Å². The van der Waals surface area contributed by atoms with E-state index in [4.69, 9.17) is 4.74 Å². The number of ether oxygens (including phenoxy) is 1. The van der Waals surface area contributed by atoms with Gasteiger partial charge in [-0.2, -0.15) is 0 Å². The molecule has 148 valence electrons. The Morgan fingerprint density at radius 1 is 0.966 bits per heavy atom. The third-order valence-corrected chi connectivity index (χ3v) is 6.63. The first kappa shape index (κ1) is 19.3. The van der Waals surface area contributed by atoms with E-state index in [0.717, 1.165) is 38.7 Å². The molecule has 0 amide bonds. The molecule has 0 spiro atoms. The Kier molecular flexibility index (Phi) is 4.93. The molecule has 0 fully saturated rings. The zero-order valence-electron chi connectivity index (χ0n) is 15.0. The average molecular weight is 432 g/mol. The number of fused-ring (bicyclic) bond motifs is 1. The maximum absolute atomic E-state index is 13.3. The van der Waals surface area contributed by atoms with Crippen LogP contribution in [-0.4, -0.2) is 20.5 Å². The summed E-state index contributed by atoms with van der Waals surface area (Å²) in [5.41, 5.74) is 1.95. The summed E-state index contributed by atoms with van der Waals surface area (Å²) in [6.07, 6.45) is 0. The average Bonchev–Trinajstić information content (AvgIpc) is 3.13. The van der Waals surface area contributed by atoms with Crippen LogP contribution in [-0.2, 0) is 10.0 Å². The van der Waals surface area contributed by atoms with E-state index in [1.807, 2.05) is 18.2 Å². The molecule has 5 nitrogen and oxygen atoms in total. The quantitative estimate of drug-likeness (QED) is 0.479. The van der Waals surface area contributed by atoms with Crippen molar-refractivity contribution in [1.82, 2.24) is 4.98 Å². The van der Waals surface area contributed by atoms with E-state index < -0.39 is 21.7 Å². The maximum atomic E-state index is 13.3. The molecule has 0 bridgehead atoms. The van der Waals surface area contributed by atoms with Gasteiger partial charge in [-0.1, -0.05) is 0 Å². The van der Waals surface area contributed by atoms with E-state index in [9.17, 15) is 17.2 Å². The van der Waals surface area contributed by atoms with E-state index in [0.29, 0.717) is 11.8 Å². The van der Waals surface area contributed by atoms with Gasteiger partial charge < -0.3 is 4.74 Å². The van der Waals surface area contributed by atoms with Gasteiger partial charge in [-0.15, -0.1) is 11.3 Å². The molecule has 0 atom stereocenters. The molecule has 4 aromatic rings. The summed E-state index contributed by atoms with van der Waals surface area (Å²) < 4.78 is 59.7. The molecule has 0 aliphatic rings. The molecular weight excluding hydrogens is 418 g/mol. The molecule has 1 heterocycles. The molecule has 0 unspecified atom stereocenters. The van der Waals surface area contributed by atoms with Crippen LogP contribution in [0, 0.1) is 11.6 Å². The van der Waals surface area contributed by atoms with Crippen molar-refractivity contribution < 1.29 is 21.9 Å². The largest absolute Gasteiger partial charge is 0.497 e. The molecule has 1 aromatic heterocycles. The lowest BCUT2D eigenvalue weighted by Crippen LogP contribution is -2.13. The predicted molar refractivity (Wildman–Crippen MR) is 109 cm³/mol. The second-order valence-electron chi connectivity index (χ2n) is 6.11. The van der Waals surface area contributed by atoms with E-state index in [1.165, 1.54) is 11.3 Å². The monoisotopic (exact) mass is 432 g/mol. The number of halogens is 2. The SMILES string of the molecule is COc1ccc2nc(-c3ccc(NS(=O)(=O)c4ccc(F)c(F)c4)cc3)sc2c1. The zero-order chi connectivity index (χ0) is 20.6. The van der Waals surface area contributed by atoms with Crippen molar-refractivity contribution in [3.8, 4) is 16.3 Å². The lowest BCUT2D eigenvalue weighted by molar-refractivity contribution is 0.415. The Hall–Kier alpha value is -3.04. The first-order chi connectivity index (χ1) is 13.9. The Bertz CT molecular complexity index is 1300. The van der Waals surface area contributed by atoms with Crippen LogP contribution in [0.4, 0.5) is 14.5 Å². The summed E-state index contributed by atoms with van der Waals surface area (Å²) in [6, 6.07) is 14.7. The summed E-state index contributed by atoms with van der Waals surface area (Å²) in [5.74, 6) is -1.59. The number of rotatable bonds is 5. The lowest BCUT2D eigenvalue weighted by atomic mass is 10.2. The van der Waals surface area contributed by atoms with Crippen LogP contribution in [0.15, 0.2) is 65.6 Å². The van der Waals surface area contributed by atoms with Crippen LogP contribution in [0.3, 0.4) is 0 Å². The highest BCUT2D eigenvalue weighted by atomic mass is 32.2. The van der Waals surface area contributed by atoms with Crippen molar-refractivity contribution in [2.24, 2.45) is 0 Å². The number of thiazole rings is 1. The number of hydrogen-bond acceptors (Lipinski definition) is 5. The van der Waals surface area contributed by atoms with Gasteiger partial charge in [-0.25, -0.2) is 22.2 Å². The Morgan fingerprint density at radius 2 is 1.72 bits per heavy atom. The fourth-order valence-electron chi connectivity index (χ4n) is 2.69. The topological polar surface area (TPSA) is 68.3 Å². The van der Waals surface area contributed by atoms with Crippen molar-refractivity contribution >= 4 is 37.3 Å². The second-order valence-corrected chi connectivity index (χ2v) is 8.82. The van der Waals surface area contributed by atoms with Crippen LogP contribution in [0.25, 0.3) is 20.8 Å². The fraction of sp³-hybridized carbons (Fsp3) is 0.0500. The molecule has 9 heteroatoms. The summed E-state index contributed by atoms with van der Waals surface area (Å²) in [6.45, 7) is 0. The molecule has 0 aliphatic heterocycles. The Labute approximate surface area is 169 Å². The van der Waals surface area contributed by atoms with Gasteiger partial charge in [-0.3, -0.25) is 4.72 Å². The smallest absolute Gasteiger partial charge is 0.261 e. The van der Waals surface area contributed by atoms with E-state index in [2.05, 4.69) is 9.71 Å². The van der Waals surface area contributed by atoms with E-state index in [-0.39, 0.29) is 4.90 Å². The summed E-state index contributed by atoms with van der Waals surface area (Å²) >= 11 is 1.49. The Morgan fingerprint density at radius 3 is 2.41 bits per heavy atom. The van der Waals surface area contributed by atoms with Gasteiger partial charge in [0.05, 0.1) is 22.2 Å². The number of methoxy groups -OCH3 is 1. The third-order valence-electron chi connectivity index (χ3n) is 4.18. The second kappa shape index (κ2) is 7.41. The molecule has 0 saturated heterocycles. The zero-order valence-corrected chi connectivity index (χ0v) is 16.7. The predicted octanol–water partition coefficient (Wildman–Crippen LogP) is 5.05. The minimum absolute atomic E-state index is 0.293. The van der Waals surface area contributed by atoms with Crippen molar-refractivity contribution in [2.45, 2.75) is 4.90 Å². The number of nitrogens with zero attached hydrogens (tertiary/aromatic N) is 1. The molecule has 29 heavy (non-hydrogen) atoms. The highest BCUT2D eigenvalue weighted by Crippen LogP contribution is 2.33. The first-order valence-electron chi connectivity index (χ1n) is 8.38. The van der Waals surface area contributed by atoms with Gasteiger partial charge in [0, 0.05) is 11.3 Å². The highest BCUT2D eigenvalue weighted by Gasteiger charge is 2.17. The van der Waals surface area contributed by atoms with Gasteiger partial charge in [0.1, 0.15) is 10.8 Å². The van der Waals surface area contributed by atoms with Gasteiger partial charge in [0.2, 0.25) is 0 Å². The number of nitrogens with one attached hydrogen (secondary N) is 1. The number of hydrogen-bond donors (Lipinski definition) is 1. The Balaban J connectivity index is 1.58. The normalized spacial score (nSPS) is 11.6. The van der Waals surface area contributed by atoms with Crippen molar-refractivity contribution in [3.05, 3.63) is 72.3 Å². The molecule has 3 aromatic carbocycles. The van der Waals surface area contributed by atoms with Crippen LogP contribution in [0.1, 0.15) is 0 Å². The number of aromatic nitrogens is 1. The lowest BCUT2D eigenvalue weighted by Gasteiger charge is -2.09. The molecule has 0 saturated carbocycles. The molecule has 4 rings (SSSR count). The van der Waals surface area contributed by atoms with Crippen LogP contribution in [0.5, 0.6) is 5.75 Å². The number of anilines is 1. The highest BCUT2D eigenvalue weighted by molar-refractivity contribution is 7.92. The molecule has 0 aliphatic carbocycles. The molecule has 0 radical (unpaired) electrons. The first-order valence-corrected chi connectivity index (χ1v) is 10.7. The number of benzene rings is 3. The van der Waals surface area contributed by atoms with Crippen LogP contribution >= 0.6 is 11.3 Å². The van der Waals surface area contributed by atoms with E-state index >= 15 is 0 Å². The van der Waals surface area contributed by atoms with Gasteiger partial charge in [0.15, 0.2) is 11.6 Å². The standard InChI is InChI=1S/C20H14F2N2O3S2/c1-27-14-6-9-18-19(10-14)28-20(23-18)12-2-4-13(5-3-12)24-29(25,26)15-7-8-16(21)17(22)11-15/h2-11,24H,1H3. The summed E-state index contributed by atoms with van der Waals surface area (Å²) in [7, 11) is -2.44. The van der Waals surface area contributed by atoms with Crippen LogP contribution in [0.2, 0.25) is 0 Å². The fourth-order valence-corrected chi connectivity index (χ4v) is 4.76. The van der Waals surface area contributed by atoms with Crippen LogP contribution < -0.4 is 9.46 Å². The minimum atomic E-state index is -4.04.